The molecule has 4 heterocycles. The van der Waals surface area contributed by atoms with Gasteiger partial charge in [0.2, 0.25) is 0 Å². The molecule has 1 aromatic carbocycles. The van der Waals surface area contributed by atoms with E-state index in [-0.39, 0.29) is 5.91 Å². The largest absolute Gasteiger partial charge is 0.345 e. The molecule has 29 heavy (non-hydrogen) atoms. The van der Waals surface area contributed by atoms with E-state index in [0.717, 1.165) is 35.1 Å². The number of benzene rings is 1. The average molecular weight is 424 g/mol. The third-order valence-corrected chi connectivity index (χ3v) is 7.13. The maximum absolute atomic E-state index is 13.2. The van der Waals surface area contributed by atoms with Gasteiger partial charge in [-0.15, -0.1) is 11.8 Å². The van der Waals surface area contributed by atoms with Crippen molar-refractivity contribution in [2.75, 3.05) is 37.3 Å². The molecule has 5 rings (SSSR count). The minimum absolute atomic E-state index is 0.0507. The van der Waals surface area contributed by atoms with Crippen molar-refractivity contribution >= 4 is 50.0 Å². The predicted molar refractivity (Wildman–Crippen MR) is 119 cm³/mol. The molecule has 1 aliphatic heterocycles. The van der Waals surface area contributed by atoms with E-state index < -0.39 is 0 Å². The molecule has 0 N–H and O–H groups in total. The second-order valence-corrected chi connectivity index (χ2v) is 8.97. The van der Waals surface area contributed by atoms with Gasteiger partial charge in [0.25, 0.3) is 5.91 Å². The molecular weight excluding hydrogens is 402 g/mol. The van der Waals surface area contributed by atoms with Crippen LogP contribution in [0.1, 0.15) is 16.2 Å². The van der Waals surface area contributed by atoms with Crippen LogP contribution in [-0.2, 0) is 0 Å². The normalized spacial score (nSPS) is 14.8. The molecule has 0 spiro atoms. The quantitative estimate of drug-likeness (QED) is 0.467. The lowest BCUT2D eigenvalue weighted by Gasteiger charge is -2.34. The molecule has 8 heteroatoms. The van der Waals surface area contributed by atoms with Crippen molar-refractivity contribution < 1.29 is 4.79 Å². The van der Waals surface area contributed by atoms with E-state index in [2.05, 4.69) is 34.3 Å². The van der Waals surface area contributed by atoms with Crippen LogP contribution in [-0.4, -0.2) is 57.6 Å². The Balaban J connectivity index is 1.33. The zero-order chi connectivity index (χ0) is 20.0. The van der Waals surface area contributed by atoms with Gasteiger partial charge in [-0.05, 0) is 43.5 Å². The van der Waals surface area contributed by atoms with Gasteiger partial charge >= 0.3 is 0 Å². The Bertz CT molecular complexity index is 1210. The SMILES string of the molecule is CSc1ccc2nc(N3CCN(C(=O)c4c(C)nc5ccccn45)CC3)sc2c1. The molecule has 0 saturated carbocycles. The Kier molecular flexibility index (Phi) is 4.67. The Hall–Kier alpha value is -2.58. The van der Waals surface area contributed by atoms with E-state index in [4.69, 9.17) is 4.98 Å². The topological polar surface area (TPSA) is 53.7 Å². The molecule has 0 atom stereocenters. The predicted octanol–water partition coefficient (Wildman–Crippen LogP) is 3.94. The van der Waals surface area contributed by atoms with Crippen molar-refractivity contribution in [1.82, 2.24) is 19.3 Å². The van der Waals surface area contributed by atoms with Crippen LogP contribution in [0.4, 0.5) is 5.13 Å². The van der Waals surface area contributed by atoms with Crippen molar-refractivity contribution in [3.63, 3.8) is 0 Å². The summed E-state index contributed by atoms with van der Waals surface area (Å²) in [4.78, 5) is 28.0. The number of imidazole rings is 1. The lowest BCUT2D eigenvalue weighted by atomic mass is 10.2. The summed E-state index contributed by atoms with van der Waals surface area (Å²) in [5.41, 5.74) is 3.30. The van der Waals surface area contributed by atoms with Crippen molar-refractivity contribution in [3.05, 3.63) is 54.0 Å². The van der Waals surface area contributed by atoms with E-state index in [1.807, 2.05) is 40.6 Å². The maximum Gasteiger partial charge on any atom is 0.272 e. The molecule has 6 nitrogen and oxygen atoms in total. The number of rotatable bonds is 3. The number of amides is 1. The molecule has 1 fully saturated rings. The van der Waals surface area contributed by atoms with Crippen LogP contribution in [0.5, 0.6) is 0 Å². The van der Waals surface area contributed by atoms with Crippen LogP contribution in [0.2, 0.25) is 0 Å². The summed E-state index contributed by atoms with van der Waals surface area (Å²) in [6, 6.07) is 12.2. The monoisotopic (exact) mass is 423 g/mol. The lowest BCUT2D eigenvalue weighted by molar-refractivity contribution is 0.0739. The molecule has 148 valence electrons. The van der Waals surface area contributed by atoms with Gasteiger partial charge in [-0.1, -0.05) is 17.4 Å². The minimum atomic E-state index is 0.0507. The Morgan fingerprint density at radius 1 is 1.10 bits per heavy atom. The zero-order valence-electron chi connectivity index (χ0n) is 16.3. The van der Waals surface area contributed by atoms with Crippen LogP contribution in [0.25, 0.3) is 15.9 Å². The first-order valence-electron chi connectivity index (χ1n) is 9.56. The first kappa shape index (κ1) is 18.4. The number of carbonyl (C=O) groups is 1. The highest BCUT2D eigenvalue weighted by Gasteiger charge is 2.27. The standard InChI is InChI=1S/C21H21N5OS2/c1-14-19(26-8-4-3-5-18(26)22-14)20(27)24-9-11-25(12-10-24)21-23-16-7-6-15(28-2)13-17(16)29-21/h3-8,13H,9-12H2,1-2H3. The number of nitrogens with zero attached hydrogens (tertiary/aromatic N) is 5. The van der Waals surface area contributed by atoms with Gasteiger partial charge in [0.05, 0.1) is 15.9 Å². The third kappa shape index (κ3) is 3.26. The minimum Gasteiger partial charge on any atom is -0.345 e. The summed E-state index contributed by atoms with van der Waals surface area (Å²) in [6.07, 6.45) is 3.99. The first-order valence-corrected chi connectivity index (χ1v) is 11.6. The number of piperazine rings is 1. The van der Waals surface area contributed by atoms with Gasteiger partial charge in [-0.25, -0.2) is 9.97 Å². The summed E-state index contributed by atoms with van der Waals surface area (Å²) in [5.74, 6) is 0.0507. The zero-order valence-corrected chi connectivity index (χ0v) is 18.0. The summed E-state index contributed by atoms with van der Waals surface area (Å²) >= 11 is 3.48. The van der Waals surface area contributed by atoms with Gasteiger partial charge in [0.1, 0.15) is 11.3 Å². The van der Waals surface area contributed by atoms with Crippen LogP contribution in [0, 0.1) is 6.92 Å². The van der Waals surface area contributed by atoms with Crippen LogP contribution >= 0.6 is 23.1 Å². The summed E-state index contributed by atoms with van der Waals surface area (Å²) in [6.45, 7) is 4.85. The van der Waals surface area contributed by atoms with E-state index in [0.29, 0.717) is 18.8 Å². The Morgan fingerprint density at radius 2 is 1.93 bits per heavy atom. The van der Waals surface area contributed by atoms with Crippen molar-refractivity contribution in [2.45, 2.75) is 11.8 Å². The van der Waals surface area contributed by atoms with Crippen molar-refractivity contribution in [2.24, 2.45) is 0 Å². The molecule has 4 aromatic rings. The van der Waals surface area contributed by atoms with Gasteiger partial charge < -0.3 is 9.80 Å². The van der Waals surface area contributed by atoms with Crippen LogP contribution in [0.3, 0.4) is 0 Å². The van der Waals surface area contributed by atoms with Gasteiger partial charge in [-0.2, -0.15) is 0 Å². The molecule has 0 unspecified atom stereocenters. The number of aryl methyl sites for hydroxylation is 1. The van der Waals surface area contributed by atoms with Crippen molar-refractivity contribution in [3.8, 4) is 0 Å². The Labute approximate surface area is 177 Å². The molecule has 1 saturated heterocycles. The number of anilines is 1. The fraction of sp³-hybridized carbons (Fsp3) is 0.286. The highest BCUT2D eigenvalue weighted by Crippen LogP contribution is 2.32. The van der Waals surface area contributed by atoms with Crippen LogP contribution < -0.4 is 4.90 Å². The van der Waals surface area contributed by atoms with E-state index in [9.17, 15) is 4.79 Å². The van der Waals surface area contributed by atoms with Gasteiger partial charge in [0.15, 0.2) is 5.13 Å². The maximum atomic E-state index is 13.2. The smallest absolute Gasteiger partial charge is 0.272 e. The van der Waals surface area contributed by atoms with E-state index in [1.165, 1.54) is 9.60 Å². The number of thioether (sulfide) groups is 1. The fourth-order valence-corrected chi connectivity index (χ4v) is 5.35. The van der Waals surface area contributed by atoms with Gasteiger partial charge in [-0.3, -0.25) is 9.20 Å². The molecule has 1 amide bonds. The van der Waals surface area contributed by atoms with E-state index in [1.54, 1.807) is 23.1 Å². The number of hydrogen-bond acceptors (Lipinski definition) is 6. The van der Waals surface area contributed by atoms with Crippen LogP contribution in [0.15, 0.2) is 47.5 Å². The lowest BCUT2D eigenvalue weighted by Crippen LogP contribution is -2.49. The Morgan fingerprint density at radius 3 is 2.72 bits per heavy atom. The number of fused-ring (bicyclic) bond motifs is 2. The van der Waals surface area contributed by atoms with Crippen molar-refractivity contribution in [1.29, 1.82) is 0 Å². The van der Waals surface area contributed by atoms with E-state index >= 15 is 0 Å². The average Bonchev–Trinajstić information content (AvgIpc) is 3.32. The van der Waals surface area contributed by atoms with Gasteiger partial charge in [0, 0.05) is 37.3 Å². The summed E-state index contributed by atoms with van der Waals surface area (Å²) in [5, 5.41) is 1.04. The highest BCUT2D eigenvalue weighted by molar-refractivity contribution is 7.98. The molecule has 1 aliphatic rings. The molecular formula is C21H21N5OS2. The molecule has 0 radical (unpaired) electrons. The highest BCUT2D eigenvalue weighted by atomic mass is 32.2. The number of carbonyl (C=O) groups excluding carboxylic acids is 1. The number of aromatic nitrogens is 3. The molecule has 3 aromatic heterocycles. The molecule has 0 aliphatic carbocycles. The fourth-order valence-electron chi connectivity index (χ4n) is 3.78. The summed E-state index contributed by atoms with van der Waals surface area (Å²) < 4.78 is 3.10. The number of thiazole rings is 1. The number of pyridine rings is 1. The second-order valence-electron chi connectivity index (χ2n) is 7.08. The molecule has 0 bridgehead atoms. The number of hydrogen-bond donors (Lipinski definition) is 0. The second kappa shape index (κ2) is 7.35. The third-order valence-electron chi connectivity index (χ3n) is 5.33. The first-order chi connectivity index (χ1) is 14.1. The summed E-state index contributed by atoms with van der Waals surface area (Å²) in [7, 11) is 0.